The molecule has 0 amide bonds. The van der Waals surface area contributed by atoms with Crippen molar-refractivity contribution in [2.24, 2.45) is 5.92 Å². The Morgan fingerprint density at radius 1 is 1.22 bits per heavy atom. The maximum Gasteiger partial charge on any atom is 0.433 e. The number of aryl methyl sites for hydroxylation is 1. The van der Waals surface area contributed by atoms with Crippen LogP contribution in [0.4, 0.5) is 13.2 Å². The molecule has 1 aromatic rings. The van der Waals surface area contributed by atoms with E-state index in [0.717, 1.165) is 44.7 Å². The molecular weight excluding hydrogens is 383 g/mol. The lowest BCUT2D eigenvalue weighted by Crippen LogP contribution is -2.50. The van der Waals surface area contributed by atoms with E-state index in [0.29, 0.717) is 32.1 Å². The van der Waals surface area contributed by atoms with E-state index in [9.17, 15) is 21.6 Å². The zero-order valence-electron chi connectivity index (χ0n) is 15.2. The zero-order valence-corrected chi connectivity index (χ0v) is 16.0. The van der Waals surface area contributed by atoms with Crippen molar-refractivity contribution in [3.05, 3.63) is 23.5 Å². The minimum absolute atomic E-state index is 0.133. The number of ether oxygens (including phenoxy) is 1. The molecule has 1 aromatic heterocycles. The fourth-order valence-electron chi connectivity index (χ4n) is 3.59. The summed E-state index contributed by atoms with van der Waals surface area (Å²) in [7, 11) is -3.86. The van der Waals surface area contributed by atoms with Crippen molar-refractivity contribution in [3.8, 4) is 0 Å². The maximum absolute atomic E-state index is 12.8. The number of hydrogen-bond donors (Lipinski definition) is 0. The first-order valence-electron chi connectivity index (χ1n) is 9.03. The van der Waals surface area contributed by atoms with Crippen LogP contribution < -0.4 is 0 Å². The van der Waals surface area contributed by atoms with Crippen LogP contribution in [-0.2, 0) is 20.9 Å². The predicted octanol–water partition coefficient (Wildman–Crippen LogP) is 2.14. The van der Waals surface area contributed by atoms with E-state index in [1.165, 1.54) is 11.2 Å². The molecule has 1 unspecified atom stereocenters. The summed E-state index contributed by atoms with van der Waals surface area (Å²) in [6.07, 6.45) is -2.42. The van der Waals surface area contributed by atoms with Crippen molar-refractivity contribution in [1.29, 1.82) is 0 Å². The topological polar surface area (TPSA) is 62.7 Å². The van der Waals surface area contributed by atoms with Crippen LogP contribution in [0, 0.1) is 12.8 Å². The van der Waals surface area contributed by atoms with Crippen molar-refractivity contribution in [1.82, 2.24) is 14.2 Å². The third-order valence-corrected chi connectivity index (χ3v) is 7.08. The molecule has 2 saturated heterocycles. The fraction of sp³-hybridized carbons (Fsp3) is 0.706. The van der Waals surface area contributed by atoms with Crippen molar-refractivity contribution in [3.63, 3.8) is 0 Å². The molecular formula is C17H24F3N3O3S. The second-order valence-electron chi connectivity index (χ2n) is 7.07. The molecule has 0 N–H and O–H groups in total. The molecule has 0 aliphatic carbocycles. The highest BCUT2D eigenvalue weighted by atomic mass is 32.2. The molecule has 10 heteroatoms. The van der Waals surface area contributed by atoms with Crippen LogP contribution in [0.15, 0.2) is 17.0 Å². The van der Waals surface area contributed by atoms with Gasteiger partial charge in [-0.25, -0.2) is 13.4 Å². The molecule has 0 spiro atoms. The van der Waals surface area contributed by atoms with E-state index >= 15 is 0 Å². The van der Waals surface area contributed by atoms with Gasteiger partial charge in [0.15, 0.2) is 0 Å². The summed E-state index contributed by atoms with van der Waals surface area (Å²) in [6.45, 7) is 5.56. The third kappa shape index (κ3) is 4.79. The molecule has 27 heavy (non-hydrogen) atoms. The van der Waals surface area contributed by atoms with Gasteiger partial charge in [0.25, 0.3) is 0 Å². The van der Waals surface area contributed by atoms with Gasteiger partial charge in [0.2, 0.25) is 10.0 Å². The van der Waals surface area contributed by atoms with Gasteiger partial charge in [-0.05, 0) is 37.8 Å². The van der Waals surface area contributed by atoms with Gasteiger partial charge >= 0.3 is 6.18 Å². The van der Waals surface area contributed by atoms with Crippen LogP contribution in [0.2, 0.25) is 0 Å². The number of halogens is 3. The number of pyridine rings is 1. The number of sulfonamides is 1. The molecule has 2 aliphatic rings. The monoisotopic (exact) mass is 407 g/mol. The van der Waals surface area contributed by atoms with Gasteiger partial charge in [-0.1, -0.05) is 0 Å². The minimum atomic E-state index is -4.60. The SMILES string of the molecule is Cc1nc(C(F)(F)F)ccc1S(=O)(=O)N1CCN(CC2CCCOC2)CC1. The first-order chi connectivity index (χ1) is 12.7. The minimum Gasteiger partial charge on any atom is -0.381 e. The Morgan fingerprint density at radius 3 is 2.48 bits per heavy atom. The molecule has 152 valence electrons. The second kappa shape index (κ2) is 8.02. The Bertz CT molecular complexity index is 756. The largest absolute Gasteiger partial charge is 0.433 e. The van der Waals surface area contributed by atoms with Crippen molar-refractivity contribution in [2.75, 3.05) is 45.9 Å². The standard InChI is InChI=1S/C17H24F3N3O3S/c1-13-15(4-5-16(21-13)17(18,19)20)27(24,25)23-8-6-22(7-9-23)11-14-3-2-10-26-12-14/h4-5,14H,2-3,6-12H2,1H3. The second-order valence-corrected chi connectivity index (χ2v) is 8.97. The van der Waals surface area contributed by atoms with Crippen molar-refractivity contribution in [2.45, 2.75) is 30.8 Å². The Balaban J connectivity index is 1.64. The number of aromatic nitrogens is 1. The maximum atomic E-state index is 12.8. The quantitative estimate of drug-likeness (QED) is 0.765. The van der Waals surface area contributed by atoms with E-state index in [4.69, 9.17) is 4.74 Å². The molecule has 0 radical (unpaired) electrons. The lowest BCUT2D eigenvalue weighted by atomic mass is 10.0. The number of alkyl halides is 3. The predicted molar refractivity (Wildman–Crippen MR) is 92.7 cm³/mol. The zero-order chi connectivity index (χ0) is 19.7. The lowest BCUT2D eigenvalue weighted by molar-refractivity contribution is -0.141. The normalized spacial score (nSPS) is 23.5. The summed E-state index contributed by atoms with van der Waals surface area (Å²) in [5, 5.41) is 0. The smallest absolute Gasteiger partial charge is 0.381 e. The summed E-state index contributed by atoms with van der Waals surface area (Å²) in [5.74, 6) is 0.475. The van der Waals surface area contributed by atoms with Crippen LogP contribution >= 0.6 is 0 Å². The molecule has 2 fully saturated rings. The van der Waals surface area contributed by atoms with E-state index in [1.54, 1.807) is 0 Å². The Kier molecular flexibility index (Phi) is 6.09. The van der Waals surface area contributed by atoms with Gasteiger partial charge in [-0.2, -0.15) is 17.5 Å². The van der Waals surface area contributed by atoms with Crippen molar-refractivity contribution >= 4 is 10.0 Å². The molecule has 3 heterocycles. The van der Waals surface area contributed by atoms with E-state index in [-0.39, 0.29) is 10.6 Å². The Hall–Kier alpha value is -1.23. The number of piperazine rings is 1. The van der Waals surface area contributed by atoms with Crippen LogP contribution in [-0.4, -0.2) is 68.5 Å². The van der Waals surface area contributed by atoms with Gasteiger partial charge in [0.1, 0.15) is 10.6 Å². The van der Waals surface area contributed by atoms with Crippen molar-refractivity contribution < 1.29 is 26.3 Å². The average Bonchev–Trinajstić information content (AvgIpc) is 2.62. The number of rotatable bonds is 4. The first-order valence-corrected chi connectivity index (χ1v) is 10.5. The molecule has 3 rings (SSSR count). The van der Waals surface area contributed by atoms with Gasteiger partial charge in [-0.15, -0.1) is 0 Å². The van der Waals surface area contributed by atoms with E-state index in [2.05, 4.69) is 9.88 Å². The first kappa shape index (κ1) is 20.5. The summed E-state index contributed by atoms with van der Waals surface area (Å²) in [4.78, 5) is 5.51. The van der Waals surface area contributed by atoms with Gasteiger partial charge < -0.3 is 9.64 Å². The summed E-state index contributed by atoms with van der Waals surface area (Å²) in [6, 6.07) is 1.73. The molecule has 2 aliphatic heterocycles. The van der Waals surface area contributed by atoms with E-state index < -0.39 is 21.9 Å². The highest BCUT2D eigenvalue weighted by Gasteiger charge is 2.35. The molecule has 0 bridgehead atoms. The fourth-order valence-corrected chi connectivity index (χ4v) is 5.17. The summed E-state index contributed by atoms with van der Waals surface area (Å²) < 4.78 is 70.7. The van der Waals surface area contributed by atoms with Crippen LogP contribution in [0.1, 0.15) is 24.2 Å². The summed E-state index contributed by atoms with van der Waals surface area (Å²) in [5.41, 5.74) is -1.22. The highest BCUT2D eigenvalue weighted by Crippen LogP contribution is 2.30. The third-order valence-electron chi connectivity index (χ3n) is 5.05. The molecule has 6 nitrogen and oxygen atoms in total. The molecule has 1 atom stereocenters. The van der Waals surface area contributed by atoms with E-state index in [1.807, 2.05) is 0 Å². The lowest BCUT2D eigenvalue weighted by Gasteiger charge is -2.36. The van der Waals surface area contributed by atoms with Crippen LogP contribution in [0.25, 0.3) is 0 Å². The Labute approximate surface area is 157 Å². The average molecular weight is 407 g/mol. The molecule has 0 aromatic carbocycles. The van der Waals surface area contributed by atoms with Crippen LogP contribution in [0.5, 0.6) is 0 Å². The summed E-state index contributed by atoms with van der Waals surface area (Å²) >= 11 is 0. The molecule has 0 saturated carbocycles. The number of hydrogen-bond acceptors (Lipinski definition) is 5. The van der Waals surface area contributed by atoms with Gasteiger partial charge in [-0.3, -0.25) is 0 Å². The van der Waals surface area contributed by atoms with Gasteiger partial charge in [0.05, 0.1) is 12.3 Å². The van der Waals surface area contributed by atoms with Crippen LogP contribution in [0.3, 0.4) is 0 Å². The number of nitrogens with zero attached hydrogens (tertiary/aromatic N) is 3. The van der Waals surface area contributed by atoms with Gasteiger partial charge in [0, 0.05) is 39.3 Å². The Morgan fingerprint density at radius 2 is 1.93 bits per heavy atom. The highest BCUT2D eigenvalue weighted by molar-refractivity contribution is 7.89.